The fraction of sp³-hybridized carbons (Fsp3) is 0.438. The molecule has 0 spiro atoms. The molecule has 2 N–H and O–H groups in total. The fourth-order valence-corrected chi connectivity index (χ4v) is 2.11. The summed E-state index contributed by atoms with van der Waals surface area (Å²) in [6.07, 6.45) is -0.483. The lowest BCUT2D eigenvalue weighted by Crippen LogP contribution is -2.46. The number of amides is 1. The zero-order chi connectivity index (χ0) is 18.3. The highest BCUT2D eigenvalue weighted by Gasteiger charge is 2.28. The zero-order valence-corrected chi connectivity index (χ0v) is 13.3. The van der Waals surface area contributed by atoms with Gasteiger partial charge in [-0.2, -0.15) is 0 Å². The lowest BCUT2D eigenvalue weighted by Gasteiger charge is -2.20. The van der Waals surface area contributed by atoms with Crippen LogP contribution in [0, 0.1) is 17.6 Å². The van der Waals surface area contributed by atoms with Gasteiger partial charge in [-0.15, -0.1) is 0 Å². The summed E-state index contributed by atoms with van der Waals surface area (Å²) in [6.45, 7) is 3.29. The van der Waals surface area contributed by atoms with Gasteiger partial charge in [0.1, 0.15) is 6.04 Å². The van der Waals surface area contributed by atoms with Gasteiger partial charge in [-0.3, -0.25) is 9.59 Å². The molecule has 2 atom stereocenters. The second kappa shape index (κ2) is 8.95. The number of halogens is 2. The van der Waals surface area contributed by atoms with E-state index in [1.165, 1.54) is 13.0 Å². The first-order valence-electron chi connectivity index (χ1n) is 7.36. The van der Waals surface area contributed by atoms with Gasteiger partial charge >= 0.3 is 11.9 Å². The Labute approximate surface area is 137 Å². The van der Waals surface area contributed by atoms with Crippen LogP contribution in [0.2, 0.25) is 0 Å². The minimum absolute atomic E-state index is 0.170. The lowest BCUT2D eigenvalue weighted by molar-refractivity contribution is -0.147. The number of aliphatic carboxylic acids is 1. The molecule has 0 aliphatic heterocycles. The summed E-state index contributed by atoms with van der Waals surface area (Å²) in [5.41, 5.74) is 0.202. The number of hydrogen-bond acceptors (Lipinski definition) is 4. The molecule has 132 valence electrons. The molecule has 1 aromatic rings. The van der Waals surface area contributed by atoms with Crippen molar-refractivity contribution < 1.29 is 33.0 Å². The molecule has 24 heavy (non-hydrogen) atoms. The fourth-order valence-electron chi connectivity index (χ4n) is 2.11. The summed E-state index contributed by atoms with van der Waals surface area (Å²) in [6, 6.07) is 1.69. The van der Waals surface area contributed by atoms with Gasteiger partial charge in [0.05, 0.1) is 19.4 Å². The molecule has 1 amide bonds. The molecule has 0 saturated heterocycles. The number of carbonyl (C=O) groups is 3. The maximum absolute atomic E-state index is 13.1. The second-order valence-electron chi connectivity index (χ2n) is 5.30. The first kappa shape index (κ1) is 19.5. The number of rotatable bonds is 8. The van der Waals surface area contributed by atoms with Crippen molar-refractivity contribution in [3.8, 4) is 0 Å². The number of carboxylic acid groups (broad SMARTS) is 1. The molecule has 0 radical (unpaired) electrons. The van der Waals surface area contributed by atoms with Crippen LogP contribution in [0.3, 0.4) is 0 Å². The molecule has 0 saturated carbocycles. The Morgan fingerprint density at radius 1 is 1.25 bits per heavy atom. The highest BCUT2D eigenvalue weighted by molar-refractivity contribution is 5.85. The van der Waals surface area contributed by atoms with E-state index < -0.39 is 41.4 Å². The Balaban J connectivity index is 2.69. The second-order valence-corrected chi connectivity index (χ2v) is 5.30. The molecule has 0 bridgehead atoms. The minimum Gasteiger partial charge on any atom is -0.480 e. The summed E-state index contributed by atoms with van der Waals surface area (Å²) in [4.78, 5) is 34.6. The van der Waals surface area contributed by atoms with Gasteiger partial charge in [0.2, 0.25) is 5.91 Å². The van der Waals surface area contributed by atoms with Gasteiger partial charge < -0.3 is 15.2 Å². The predicted octanol–water partition coefficient (Wildman–Crippen LogP) is 1.67. The molecule has 0 aliphatic rings. The summed E-state index contributed by atoms with van der Waals surface area (Å²) in [5.74, 6) is -5.37. The smallest absolute Gasteiger partial charge is 0.326 e. The molecule has 0 heterocycles. The quantitative estimate of drug-likeness (QED) is 0.701. The van der Waals surface area contributed by atoms with E-state index in [4.69, 9.17) is 4.74 Å². The van der Waals surface area contributed by atoms with E-state index in [2.05, 4.69) is 5.32 Å². The van der Waals surface area contributed by atoms with Crippen molar-refractivity contribution in [1.29, 1.82) is 0 Å². The van der Waals surface area contributed by atoms with Crippen molar-refractivity contribution in [1.82, 2.24) is 5.32 Å². The highest BCUT2D eigenvalue weighted by Crippen LogP contribution is 2.12. The molecule has 1 aromatic carbocycles. The molecular weight excluding hydrogens is 324 g/mol. The van der Waals surface area contributed by atoms with Crippen LogP contribution >= 0.6 is 0 Å². The Hall–Kier alpha value is -2.51. The Kier molecular flexibility index (Phi) is 7.29. The van der Waals surface area contributed by atoms with Crippen molar-refractivity contribution >= 4 is 17.8 Å². The Morgan fingerprint density at radius 2 is 1.92 bits per heavy atom. The Bertz CT molecular complexity index is 620. The van der Waals surface area contributed by atoms with Crippen LogP contribution in [-0.4, -0.2) is 35.6 Å². The third kappa shape index (κ3) is 5.94. The number of nitrogens with one attached hydrogen (secondary N) is 1. The predicted molar refractivity (Wildman–Crippen MR) is 80.0 cm³/mol. The topological polar surface area (TPSA) is 92.7 Å². The maximum atomic E-state index is 13.1. The average Bonchev–Trinajstić information content (AvgIpc) is 2.48. The monoisotopic (exact) mass is 343 g/mol. The number of esters is 1. The van der Waals surface area contributed by atoms with E-state index in [1.807, 2.05) is 0 Å². The van der Waals surface area contributed by atoms with Crippen molar-refractivity contribution in [3.63, 3.8) is 0 Å². The number of benzene rings is 1. The summed E-state index contributed by atoms with van der Waals surface area (Å²) in [7, 11) is 0. The van der Waals surface area contributed by atoms with Crippen molar-refractivity contribution in [2.75, 3.05) is 6.61 Å². The third-order valence-electron chi connectivity index (χ3n) is 3.29. The van der Waals surface area contributed by atoms with Gasteiger partial charge in [-0.1, -0.05) is 13.0 Å². The van der Waals surface area contributed by atoms with Gasteiger partial charge in [0, 0.05) is 0 Å². The van der Waals surface area contributed by atoms with Crippen LogP contribution in [0.15, 0.2) is 18.2 Å². The standard InChI is InChI=1S/C16H19F2NO5/c1-3-24-14(21)6-9(2)15(16(22)23)19-13(20)8-10-4-5-11(17)12(18)7-10/h4-5,7,9,15H,3,6,8H2,1-2H3,(H,19,20)(H,22,23)/t9-,15+/m1/s1. The van der Waals surface area contributed by atoms with E-state index >= 15 is 0 Å². The number of hydrogen-bond donors (Lipinski definition) is 2. The maximum Gasteiger partial charge on any atom is 0.326 e. The molecule has 6 nitrogen and oxygen atoms in total. The first-order chi connectivity index (χ1) is 11.2. The normalized spacial score (nSPS) is 13.0. The Morgan fingerprint density at radius 3 is 2.46 bits per heavy atom. The highest BCUT2D eigenvalue weighted by atomic mass is 19.2. The average molecular weight is 343 g/mol. The molecule has 0 fully saturated rings. The first-order valence-corrected chi connectivity index (χ1v) is 7.36. The van der Waals surface area contributed by atoms with Gasteiger partial charge in [-0.05, 0) is 30.5 Å². The van der Waals surface area contributed by atoms with Crippen LogP contribution in [0.25, 0.3) is 0 Å². The molecule has 8 heteroatoms. The van der Waals surface area contributed by atoms with Crippen molar-refractivity contribution in [2.45, 2.75) is 32.7 Å². The molecule has 0 unspecified atom stereocenters. The van der Waals surface area contributed by atoms with E-state index in [9.17, 15) is 28.3 Å². The lowest BCUT2D eigenvalue weighted by atomic mass is 9.98. The third-order valence-corrected chi connectivity index (χ3v) is 3.29. The van der Waals surface area contributed by atoms with Crippen LogP contribution in [0.5, 0.6) is 0 Å². The van der Waals surface area contributed by atoms with Crippen LogP contribution in [0.1, 0.15) is 25.8 Å². The number of carboxylic acids is 1. The number of ether oxygens (including phenoxy) is 1. The van der Waals surface area contributed by atoms with Gasteiger partial charge in [0.15, 0.2) is 11.6 Å². The summed E-state index contributed by atoms with van der Waals surface area (Å²) >= 11 is 0. The van der Waals surface area contributed by atoms with Gasteiger partial charge in [0.25, 0.3) is 0 Å². The van der Waals surface area contributed by atoms with E-state index in [-0.39, 0.29) is 25.0 Å². The van der Waals surface area contributed by atoms with Crippen molar-refractivity contribution in [3.05, 3.63) is 35.4 Å². The SMILES string of the molecule is CCOC(=O)C[C@@H](C)[C@H](NC(=O)Cc1ccc(F)c(F)c1)C(=O)O. The van der Waals surface area contributed by atoms with E-state index in [0.29, 0.717) is 0 Å². The van der Waals surface area contributed by atoms with Crippen LogP contribution in [0.4, 0.5) is 8.78 Å². The van der Waals surface area contributed by atoms with Crippen LogP contribution in [-0.2, 0) is 25.5 Å². The van der Waals surface area contributed by atoms with Crippen LogP contribution < -0.4 is 5.32 Å². The summed E-state index contributed by atoms with van der Waals surface area (Å²) in [5, 5.41) is 11.5. The molecular formula is C16H19F2NO5. The van der Waals surface area contributed by atoms with Crippen molar-refractivity contribution in [2.24, 2.45) is 5.92 Å². The molecule has 0 aromatic heterocycles. The van der Waals surface area contributed by atoms with Gasteiger partial charge in [-0.25, -0.2) is 13.6 Å². The molecule has 0 aliphatic carbocycles. The minimum atomic E-state index is -1.30. The largest absolute Gasteiger partial charge is 0.480 e. The zero-order valence-electron chi connectivity index (χ0n) is 13.3. The molecule has 1 rings (SSSR count). The van der Waals surface area contributed by atoms with E-state index in [1.54, 1.807) is 6.92 Å². The number of carbonyl (C=O) groups excluding carboxylic acids is 2. The summed E-state index contributed by atoms with van der Waals surface area (Å²) < 4.78 is 30.7. The van der Waals surface area contributed by atoms with E-state index in [0.717, 1.165) is 12.1 Å².